The Morgan fingerprint density at radius 1 is 1.15 bits per heavy atom. The maximum atomic E-state index is 14.2. The molecule has 2 aromatic carbocycles. The second kappa shape index (κ2) is 9.06. The number of H-pyrrole nitrogens is 1. The van der Waals surface area contributed by atoms with Crippen molar-refractivity contribution in [3.05, 3.63) is 86.2 Å². The number of nitrogens with one attached hydrogen (secondary N) is 1. The molecule has 0 atom stereocenters. The Bertz CT molecular complexity index is 1470. The zero-order chi connectivity index (χ0) is 23.7. The van der Waals surface area contributed by atoms with Crippen LogP contribution in [0.4, 0.5) is 10.3 Å². The number of anilines is 1. The molecule has 0 bridgehead atoms. The Morgan fingerprint density at radius 2 is 1.91 bits per heavy atom. The van der Waals surface area contributed by atoms with Crippen molar-refractivity contribution in [2.24, 2.45) is 5.73 Å². The molecule has 0 aliphatic carbocycles. The second-order valence-corrected chi connectivity index (χ2v) is 8.51. The first kappa shape index (κ1) is 22.5. The van der Waals surface area contributed by atoms with Crippen LogP contribution in [0, 0.1) is 24.6 Å². The highest BCUT2D eigenvalue weighted by atomic mass is 79.9. The Morgan fingerprint density at radius 3 is 2.64 bits per heavy atom. The van der Waals surface area contributed by atoms with Gasteiger partial charge in [0.05, 0.1) is 28.1 Å². The van der Waals surface area contributed by atoms with E-state index in [-0.39, 0.29) is 17.1 Å². The van der Waals surface area contributed by atoms with Crippen molar-refractivity contribution in [2.75, 3.05) is 5.73 Å². The van der Waals surface area contributed by atoms with E-state index >= 15 is 0 Å². The Kier molecular flexibility index (Phi) is 6.18. The van der Waals surface area contributed by atoms with Gasteiger partial charge in [-0.05, 0) is 48.9 Å². The number of nitrogen functional groups attached to an aromatic ring is 1. The van der Waals surface area contributed by atoms with Crippen LogP contribution in [-0.2, 0) is 0 Å². The number of aromatic nitrogens is 3. The van der Waals surface area contributed by atoms with Crippen molar-refractivity contribution >= 4 is 39.4 Å². The predicted octanol–water partition coefficient (Wildman–Crippen LogP) is 5.08. The molecule has 0 radical (unpaired) electrons. The van der Waals surface area contributed by atoms with Gasteiger partial charge in [-0.2, -0.15) is 0 Å². The Balaban J connectivity index is 1.87. The number of hydrogen-bond acceptors (Lipinski definition) is 4. The fourth-order valence-corrected chi connectivity index (χ4v) is 3.78. The number of aryl methyl sites for hydroxylation is 1. The number of halogens is 3. The van der Waals surface area contributed by atoms with Crippen molar-refractivity contribution in [1.82, 2.24) is 15.0 Å². The van der Waals surface area contributed by atoms with Gasteiger partial charge in [-0.25, -0.2) is 14.4 Å². The first-order valence-electron chi connectivity index (χ1n) is 9.62. The Labute approximate surface area is 202 Å². The van der Waals surface area contributed by atoms with Crippen molar-refractivity contribution in [3.63, 3.8) is 0 Å². The number of aromatic amines is 1. The maximum absolute atomic E-state index is 14.2. The lowest BCUT2D eigenvalue weighted by Gasteiger charge is -2.07. The van der Waals surface area contributed by atoms with Gasteiger partial charge in [-0.3, -0.25) is 4.79 Å². The van der Waals surface area contributed by atoms with Gasteiger partial charge in [0.1, 0.15) is 11.5 Å². The molecule has 164 valence electrons. The SMILES string of the molecule is Cc1ccc(Cl)cc1-c1[nH]c(-c2nc(N)ncc2C#Cc2ccc(Br)cc2F)cc1C(N)=O. The van der Waals surface area contributed by atoms with Crippen LogP contribution in [0.15, 0.2) is 53.1 Å². The van der Waals surface area contributed by atoms with Gasteiger partial charge >= 0.3 is 0 Å². The standard InChI is InChI=1S/C24H16BrClFN5O/c1-12-2-7-16(26)9-17(12)22-18(23(28)33)10-20(31-22)21-14(11-30-24(29)32-21)4-3-13-5-6-15(25)8-19(13)27/h2,5-11,31H,1H3,(H2,28,33)(H2,29,30,32). The van der Waals surface area contributed by atoms with Gasteiger partial charge in [-0.1, -0.05) is 45.4 Å². The number of benzene rings is 2. The molecule has 1 amide bonds. The maximum Gasteiger partial charge on any atom is 0.250 e. The van der Waals surface area contributed by atoms with E-state index in [1.165, 1.54) is 12.3 Å². The number of nitrogens with zero attached hydrogens (tertiary/aromatic N) is 2. The van der Waals surface area contributed by atoms with Gasteiger partial charge in [0, 0.05) is 21.3 Å². The number of rotatable bonds is 3. The summed E-state index contributed by atoms with van der Waals surface area (Å²) in [5.74, 6) is 4.60. The van der Waals surface area contributed by atoms with Crippen LogP contribution in [0.2, 0.25) is 5.02 Å². The largest absolute Gasteiger partial charge is 0.368 e. The molecule has 2 aromatic heterocycles. The monoisotopic (exact) mass is 523 g/mol. The molecular weight excluding hydrogens is 509 g/mol. The van der Waals surface area contributed by atoms with Crippen LogP contribution in [0.25, 0.3) is 22.6 Å². The molecular formula is C24H16BrClFN5O. The molecule has 0 fully saturated rings. The molecule has 4 rings (SSSR count). The lowest BCUT2D eigenvalue weighted by Crippen LogP contribution is -2.11. The van der Waals surface area contributed by atoms with Gasteiger partial charge in [-0.15, -0.1) is 0 Å². The third-order valence-electron chi connectivity index (χ3n) is 4.88. The van der Waals surface area contributed by atoms with Gasteiger partial charge < -0.3 is 16.5 Å². The van der Waals surface area contributed by atoms with E-state index in [1.54, 1.807) is 30.3 Å². The molecule has 2 heterocycles. The molecule has 5 N–H and O–H groups in total. The summed E-state index contributed by atoms with van der Waals surface area (Å²) >= 11 is 9.39. The highest BCUT2D eigenvalue weighted by molar-refractivity contribution is 9.10. The zero-order valence-corrected chi connectivity index (χ0v) is 19.6. The Hall–Kier alpha value is -3.67. The van der Waals surface area contributed by atoms with E-state index in [1.807, 2.05) is 13.0 Å². The lowest BCUT2D eigenvalue weighted by atomic mass is 10.0. The van der Waals surface area contributed by atoms with Crippen LogP contribution in [-0.4, -0.2) is 20.9 Å². The third kappa shape index (κ3) is 4.75. The number of carbonyl (C=O) groups excluding carboxylic acids is 1. The summed E-state index contributed by atoms with van der Waals surface area (Å²) in [6.45, 7) is 1.89. The summed E-state index contributed by atoms with van der Waals surface area (Å²) in [5, 5.41) is 0.511. The molecule has 6 nitrogen and oxygen atoms in total. The third-order valence-corrected chi connectivity index (χ3v) is 5.61. The van der Waals surface area contributed by atoms with Crippen molar-refractivity contribution < 1.29 is 9.18 Å². The van der Waals surface area contributed by atoms with Gasteiger partial charge in [0.25, 0.3) is 5.91 Å². The van der Waals surface area contributed by atoms with Crippen LogP contribution < -0.4 is 11.5 Å². The van der Waals surface area contributed by atoms with E-state index in [2.05, 4.69) is 42.7 Å². The molecule has 0 aliphatic rings. The molecule has 0 aliphatic heterocycles. The number of amides is 1. The summed E-state index contributed by atoms with van der Waals surface area (Å²) in [7, 11) is 0. The highest BCUT2D eigenvalue weighted by Gasteiger charge is 2.19. The van der Waals surface area contributed by atoms with E-state index in [0.29, 0.717) is 37.7 Å². The average molecular weight is 525 g/mol. The van der Waals surface area contributed by atoms with E-state index in [0.717, 1.165) is 5.56 Å². The molecule has 0 spiro atoms. The van der Waals surface area contributed by atoms with Crippen LogP contribution in [0.3, 0.4) is 0 Å². The van der Waals surface area contributed by atoms with Crippen LogP contribution in [0.1, 0.15) is 27.0 Å². The summed E-state index contributed by atoms with van der Waals surface area (Å²) in [6.07, 6.45) is 1.44. The lowest BCUT2D eigenvalue weighted by molar-refractivity contribution is 0.100. The fourth-order valence-electron chi connectivity index (χ4n) is 3.27. The summed E-state index contributed by atoms with van der Waals surface area (Å²) in [6, 6.07) is 11.5. The first-order valence-corrected chi connectivity index (χ1v) is 10.8. The minimum atomic E-state index is -0.626. The van der Waals surface area contributed by atoms with E-state index < -0.39 is 11.7 Å². The van der Waals surface area contributed by atoms with Crippen molar-refractivity contribution in [3.8, 4) is 34.5 Å². The summed E-state index contributed by atoms with van der Waals surface area (Å²) < 4.78 is 14.8. The number of hydrogen-bond donors (Lipinski definition) is 3. The molecule has 9 heteroatoms. The second-order valence-electron chi connectivity index (χ2n) is 7.16. The van der Waals surface area contributed by atoms with E-state index in [9.17, 15) is 9.18 Å². The van der Waals surface area contributed by atoms with E-state index in [4.69, 9.17) is 23.1 Å². The molecule has 0 saturated carbocycles. The topological polar surface area (TPSA) is 111 Å². The minimum absolute atomic E-state index is 0.0149. The summed E-state index contributed by atoms with van der Waals surface area (Å²) in [5.41, 5.74) is 15.2. The van der Waals surface area contributed by atoms with Crippen molar-refractivity contribution in [1.29, 1.82) is 0 Å². The molecule has 0 saturated heterocycles. The van der Waals surface area contributed by atoms with Crippen LogP contribution in [0.5, 0.6) is 0 Å². The molecule has 4 aromatic rings. The smallest absolute Gasteiger partial charge is 0.250 e. The first-order chi connectivity index (χ1) is 15.7. The number of nitrogens with two attached hydrogens (primary N) is 2. The zero-order valence-electron chi connectivity index (χ0n) is 17.2. The minimum Gasteiger partial charge on any atom is -0.368 e. The molecule has 33 heavy (non-hydrogen) atoms. The van der Waals surface area contributed by atoms with Crippen LogP contribution >= 0.6 is 27.5 Å². The number of primary amides is 1. The van der Waals surface area contributed by atoms with Gasteiger partial charge in [0.15, 0.2) is 0 Å². The predicted molar refractivity (Wildman–Crippen MR) is 130 cm³/mol. The quantitative estimate of drug-likeness (QED) is 0.324. The fraction of sp³-hybridized carbons (Fsp3) is 0.0417. The average Bonchev–Trinajstić information content (AvgIpc) is 3.21. The number of carbonyl (C=O) groups is 1. The normalized spacial score (nSPS) is 10.5. The van der Waals surface area contributed by atoms with Crippen molar-refractivity contribution in [2.45, 2.75) is 6.92 Å². The van der Waals surface area contributed by atoms with Gasteiger partial charge in [0.2, 0.25) is 5.95 Å². The highest BCUT2D eigenvalue weighted by Crippen LogP contribution is 2.33. The summed E-state index contributed by atoms with van der Waals surface area (Å²) in [4.78, 5) is 23.7. The molecule has 0 unspecified atom stereocenters.